The van der Waals surface area contributed by atoms with Gasteiger partial charge in [-0.1, -0.05) is 30.3 Å². The molecular weight excluding hydrogens is 375 g/mol. The minimum atomic E-state index is -3.41. The molecule has 0 heterocycles. The largest absolute Gasteiger partial charge is 1.00 e. The van der Waals surface area contributed by atoms with Gasteiger partial charge in [-0.3, -0.25) is 9.00 Å². The van der Waals surface area contributed by atoms with Crippen molar-refractivity contribution >= 4 is 43.6 Å². The standard InChI is InChI=1S/C10H10O5S3.2K/c11-8(12)9(15-10(13)16)18(14,17)6-7-4-2-1-3-5-7;;/h1-5,9H,6H2,(H,11,12)(H,13,16);;/q;2*+1/p-2. The predicted octanol–water partition coefficient (Wildman–Crippen LogP) is -6.30. The Kier molecular flexibility index (Phi) is 14.0. The molecule has 5 nitrogen and oxygen atoms in total. The molecule has 20 heavy (non-hydrogen) atoms. The van der Waals surface area contributed by atoms with Crippen LogP contribution in [0.25, 0.3) is 0 Å². The summed E-state index contributed by atoms with van der Waals surface area (Å²) in [5, 5.41) is 9.51. The van der Waals surface area contributed by atoms with Crippen molar-refractivity contribution in [3.63, 3.8) is 0 Å². The van der Waals surface area contributed by atoms with E-state index < -0.39 is 25.2 Å². The van der Waals surface area contributed by atoms with E-state index in [0.717, 1.165) is 0 Å². The van der Waals surface area contributed by atoms with Crippen molar-refractivity contribution in [1.82, 2.24) is 0 Å². The van der Waals surface area contributed by atoms with Crippen LogP contribution < -0.4 is 108 Å². The third kappa shape index (κ3) is 8.60. The molecule has 0 aliphatic heterocycles. The zero-order valence-corrected chi connectivity index (χ0v) is 19.6. The molecule has 0 N–H and O–H groups in total. The van der Waals surface area contributed by atoms with Crippen molar-refractivity contribution in [2.45, 2.75) is 11.2 Å². The number of aliphatic carboxylic acids is 1. The second-order valence-electron chi connectivity index (χ2n) is 3.31. The van der Waals surface area contributed by atoms with E-state index in [1.54, 1.807) is 30.3 Å². The number of hydrogen-bond donors (Lipinski definition) is 0. The Morgan fingerprint density at radius 2 is 1.80 bits per heavy atom. The van der Waals surface area contributed by atoms with Gasteiger partial charge in [-0.15, -0.1) is 0 Å². The van der Waals surface area contributed by atoms with E-state index in [9.17, 15) is 18.9 Å². The van der Waals surface area contributed by atoms with Gasteiger partial charge < -0.3 is 27.3 Å². The quantitative estimate of drug-likeness (QED) is 0.285. The topological polar surface area (TPSA) is 83.5 Å². The Morgan fingerprint density at radius 3 is 2.20 bits per heavy atom. The Hall–Kier alpha value is 2.02. The summed E-state index contributed by atoms with van der Waals surface area (Å²) >= 11 is 8.81. The van der Waals surface area contributed by atoms with Gasteiger partial charge in [-0.2, -0.15) is 0 Å². The summed E-state index contributed by atoms with van der Waals surface area (Å²) in [6.07, 6.45) is 0. The molecule has 1 aromatic rings. The molecule has 1 rings (SSSR count). The van der Waals surface area contributed by atoms with Crippen molar-refractivity contribution < 1.29 is 126 Å². The van der Waals surface area contributed by atoms with E-state index in [1.165, 1.54) is 0 Å². The molecule has 0 saturated carbocycles. The fourth-order valence-electron chi connectivity index (χ4n) is 1.24. The molecule has 0 bridgehead atoms. The monoisotopic (exact) mass is 382 g/mol. The van der Waals surface area contributed by atoms with Gasteiger partial charge in [0.1, 0.15) is 0 Å². The molecular formula is C10H8K2O5S3. The molecule has 0 radical (unpaired) electrons. The van der Waals surface area contributed by atoms with E-state index in [4.69, 9.17) is 11.2 Å². The van der Waals surface area contributed by atoms with E-state index in [-0.39, 0.29) is 109 Å². The number of carboxylic acids is 1. The van der Waals surface area contributed by atoms with Crippen molar-refractivity contribution in [3.05, 3.63) is 35.9 Å². The van der Waals surface area contributed by atoms with Crippen LogP contribution in [-0.4, -0.2) is 20.9 Å². The van der Waals surface area contributed by atoms with E-state index in [2.05, 4.69) is 17.4 Å². The Labute approximate surface area is 212 Å². The number of benzene rings is 1. The van der Waals surface area contributed by atoms with Crippen molar-refractivity contribution in [1.29, 1.82) is 0 Å². The Balaban J connectivity index is 0. The van der Waals surface area contributed by atoms with Crippen LogP contribution in [0, 0.1) is 0 Å². The maximum absolute atomic E-state index is 12.1. The number of carbonyl (C=O) groups excluding carboxylic acids is 2. The summed E-state index contributed by atoms with van der Waals surface area (Å²) in [4.78, 5) is 21.4. The van der Waals surface area contributed by atoms with Crippen LogP contribution in [0.5, 0.6) is 0 Å². The number of ether oxygens (including phenoxy) is 1. The van der Waals surface area contributed by atoms with Crippen LogP contribution in [0.3, 0.4) is 0 Å². The van der Waals surface area contributed by atoms with Crippen LogP contribution in [-0.2, 0) is 47.6 Å². The second kappa shape index (κ2) is 11.5. The average molecular weight is 383 g/mol. The van der Waals surface area contributed by atoms with E-state index in [1.807, 2.05) is 0 Å². The smallest absolute Gasteiger partial charge is 0.698 e. The van der Waals surface area contributed by atoms with Crippen LogP contribution in [0.1, 0.15) is 5.56 Å². The van der Waals surface area contributed by atoms with Gasteiger partial charge >= 0.3 is 103 Å². The van der Waals surface area contributed by atoms with Crippen LogP contribution >= 0.6 is 0 Å². The molecule has 0 amide bonds. The first-order valence-corrected chi connectivity index (χ1v) is 7.79. The third-order valence-corrected chi connectivity index (χ3v) is 4.58. The molecule has 98 valence electrons. The second-order valence-corrected chi connectivity index (χ2v) is 7.38. The number of carboxylic acid groups (broad SMARTS) is 1. The van der Waals surface area contributed by atoms with Gasteiger partial charge in [0, 0.05) is 0 Å². The van der Waals surface area contributed by atoms with Gasteiger partial charge in [-0.25, -0.2) is 0 Å². The minimum Gasteiger partial charge on any atom is -0.698 e. The zero-order valence-electron chi connectivity index (χ0n) is 10.9. The SMILES string of the molecule is O=C([S-])OC(C(=O)[O-])S(=O)(=S)Cc1ccccc1.[K+].[K+]. The maximum Gasteiger partial charge on any atom is 1.00 e. The summed E-state index contributed by atoms with van der Waals surface area (Å²) < 4.78 is 16.4. The number of hydrogen-bond acceptors (Lipinski definition) is 7. The van der Waals surface area contributed by atoms with Crippen LogP contribution in [0.4, 0.5) is 4.79 Å². The normalized spacial score (nSPS) is 13.8. The van der Waals surface area contributed by atoms with Crippen LogP contribution in [0.15, 0.2) is 30.3 Å². The summed E-state index contributed by atoms with van der Waals surface area (Å²) in [6, 6.07) is 8.39. The average Bonchev–Trinajstić information content (AvgIpc) is 2.26. The van der Waals surface area contributed by atoms with Gasteiger partial charge in [0.15, 0.2) is 5.30 Å². The van der Waals surface area contributed by atoms with Crippen molar-refractivity contribution in [3.8, 4) is 0 Å². The molecule has 0 spiro atoms. The minimum absolute atomic E-state index is 0. The van der Waals surface area contributed by atoms with Gasteiger partial charge in [0.25, 0.3) is 0 Å². The maximum atomic E-state index is 12.1. The molecule has 0 aliphatic rings. The van der Waals surface area contributed by atoms with Crippen molar-refractivity contribution in [2.75, 3.05) is 0 Å². The van der Waals surface area contributed by atoms with Crippen LogP contribution in [0.2, 0.25) is 0 Å². The fourth-order valence-corrected chi connectivity index (χ4v) is 3.49. The molecule has 1 aromatic carbocycles. The van der Waals surface area contributed by atoms with E-state index in [0.29, 0.717) is 5.56 Å². The molecule has 10 heteroatoms. The molecule has 0 aromatic heterocycles. The molecule has 0 aliphatic carbocycles. The van der Waals surface area contributed by atoms with Gasteiger partial charge in [-0.05, 0) is 16.8 Å². The fraction of sp³-hybridized carbons (Fsp3) is 0.200. The first-order valence-electron chi connectivity index (χ1n) is 4.67. The Morgan fingerprint density at radius 1 is 1.30 bits per heavy atom. The summed E-state index contributed by atoms with van der Waals surface area (Å²) in [5.41, 5.74) is -1.44. The van der Waals surface area contributed by atoms with Gasteiger partial charge in [0.2, 0.25) is 5.44 Å². The molecule has 0 fully saturated rings. The zero-order chi connectivity index (χ0) is 13.8. The van der Waals surface area contributed by atoms with Gasteiger partial charge in [0.05, 0.1) is 20.2 Å². The summed E-state index contributed by atoms with van der Waals surface area (Å²) in [6.45, 7) is 0. The first-order chi connectivity index (χ1) is 8.33. The van der Waals surface area contributed by atoms with Crippen molar-refractivity contribution in [2.24, 2.45) is 0 Å². The summed E-state index contributed by atoms with van der Waals surface area (Å²) in [5.74, 6) is -2.03. The summed E-state index contributed by atoms with van der Waals surface area (Å²) in [7, 11) is -3.41. The third-order valence-electron chi connectivity index (χ3n) is 1.93. The molecule has 0 saturated heterocycles. The van der Waals surface area contributed by atoms with E-state index >= 15 is 0 Å². The predicted molar refractivity (Wildman–Crippen MR) is 68.3 cm³/mol. The molecule has 2 atom stereocenters. The first kappa shape index (κ1) is 24.3. The molecule has 2 unspecified atom stereocenters. The Bertz CT molecular complexity index is 547. The number of carbonyl (C=O) groups is 2. The number of rotatable bonds is 5.